The second-order valence-electron chi connectivity index (χ2n) is 7.46. The summed E-state index contributed by atoms with van der Waals surface area (Å²) >= 11 is 0. The van der Waals surface area contributed by atoms with Crippen molar-refractivity contribution in [1.82, 2.24) is 18.7 Å². The molecule has 1 N–H and O–H groups in total. The van der Waals surface area contributed by atoms with Crippen LogP contribution in [0.1, 0.15) is 51.5 Å². The summed E-state index contributed by atoms with van der Waals surface area (Å²) in [6.07, 6.45) is 6.04. The monoisotopic (exact) mass is 463 g/mol. The van der Waals surface area contributed by atoms with Crippen molar-refractivity contribution in [2.24, 2.45) is 7.05 Å². The molecule has 0 fully saturated rings. The van der Waals surface area contributed by atoms with Gasteiger partial charge in [-0.25, -0.2) is 9.78 Å². The van der Waals surface area contributed by atoms with Gasteiger partial charge in [0.15, 0.2) is 11.2 Å². The normalized spacial score (nSPS) is 11.3. The number of benzene rings is 1. The van der Waals surface area contributed by atoms with Crippen molar-refractivity contribution in [2.75, 3.05) is 6.61 Å². The average molecular weight is 463 g/mol. The zero-order chi connectivity index (χ0) is 23.5. The minimum atomic E-state index is -2.59. The van der Waals surface area contributed by atoms with Gasteiger partial charge >= 0.3 is 13.9 Å². The Hall–Kier alpha value is -2.61. The van der Waals surface area contributed by atoms with E-state index >= 15 is 0 Å². The van der Waals surface area contributed by atoms with E-state index in [2.05, 4.69) is 23.4 Å². The lowest BCUT2D eigenvalue weighted by molar-refractivity contribution is 0.273. The summed E-state index contributed by atoms with van der Waals surface area (Å²) in [7, 11) is -0.984. The van der Waals surface area contributed by atoms with Crippen LogP contribution in [0, 0.1) is 0 Å². The highest BCUT2D eigenvalue weighted by molar-refractivity contribution is 7.32. The Labute approximate surface area is 188 Å². The lowest BCUT2D eigenvalue weighted by Gasteiger charge is -2.10. The Morgan fingerprint density at radius 1 is 1.06 bits per heavy atom. The molecule has 10 heteroatoms. The Kier molecular flexibility index (Phi) is 10.5. The van der Waals surface area contributed by atoms with Gasteiger partial charge in [0.25, 0.3) is 5.56 Å². The second-order valence-corrected chi connectivity index (χ2v) is 8.19. The van der Waals surface area contributed by atoms with E-state index in [-0.39, 0.29) is 18.7 Å². The summed E-state index contributed by atoms with van der Waals surface area (Å²) in [4.78, 5) is 38.4. The van der Waals surface area contributed by atoms with Gasteiger partial charge in [-0.3, -0.25) is 13.9 Å². The molecule has 3 aromatic rings. The van der Waals surface area contributed by atoms with Gasteiger partial charge < -0.3 is 4.57 Å². The zero-order valence-electron chi connectivity index (χ0n) is 18.9. The molecule has 0 spiro atoms. The minimum Gasteiger partial charge on any atom is -0.320 e. The fourth-order valence-corrected chi connectivity index (χ4v) is 3.40. The van der Waals surface area contributed by atoms with Crippen molar-refractivity contribution in [3.8, 4) is 0 Å². The number of unbranched alkanes of at least 4 members (excludes halogenated alkanes) is 3. The van der Waals surface area contributed by atoms with Crippen LogP contribution in [0.25, 0.3) is 11.2 Å². The quantitative estimate of drug-likeness (QED) is 0.364. The molecule has 174 valence electrons. The highest BCUT2D eigenvalue weighted by Crippen LogP contribution is 2.15. The van der Waals surface area contributed by atoms with Gasteiger partial charge in [-0.1, -0.05) is 57.0 Å². The van der Waals surface area contributed by atoms with Crippen LogP contribution in [0.5, 0.6) is 0 Å². The third-order valence-electron chi connectivity index (χ3n) is 5.03. The lowest BCUT2D eigenvalue weighted by atomic mass is 10.2. The van der Waals surface area contributed by atoms with Gasteiger partial charge in [-0.05, 0) is 24.8 Å². The van der Waals surface area contributed by atoms with Crippen LogP contribution in [-0.2, 0) is 29.2 Å². The number of hydrogen-bond donors (Lipinski definition) is 1. The van der Waals surface area contributed by atoms with E-state index in [1.807, 2.05) is 30.3 Å². The molecule has 0 bridgehead atoms. The molecule has 0 saturated carbocycles. The first-order chi connectivity index (χ1) is 15.4. The maximum Gasteiger partial charge on any atom is 0.694 e. The fourth-order valence-electron chi connectivity index (χ4n) is 3.11. The summed E-state index contributed by atoms with van der Waals surface area (Å²) in [5.41, 5.74) is 1.02. The first kappa shape index (κ1) is 25.6. The first-order valence-corrected chi connectivity index (χ1v) is 12.0. The average Bonchev–Trinajstić information content (AvgIpc) is 3.21. The number of aromatic nitrogens is 4. The molecule has 3 rings (SSSR count). The van der Waals surface area contributed by atoms with Crippen molar-refractivity contribution in [3.05, 3.63) is 63.1 Å². The summed E-state index contributed by atoms with van der Waals surface area (Å²) in [6, 6.07) is 9.72. The molecular weight excluding hydrogens is 431 g/mol. The summed E-state index contributed by atoms with van der Waals surface area (Å²) in [6.45, 7) is 5.28. The van der Waals surface area contributed by atoms with Gasteiger partial charge in [-0.2, -0.15) is 0 Å². The Morgan fingerprint density at radius 2 is 1.75 bits per heavy atom. The van der Waals surface area contributed by atoms with Crippen LogP contribution < -0.4 is 11.2 Å². The van der Waals surface area contributed by atoms with Gasteiger partial charge in [0.2, 0.25) is 0 Å². The molecule has 1 atom stereocenters. The zero-order valence-corrected chi connectivity index (χ0v) is 19.8. The Balaban J connectivity index is 0.000000837. The third-order valence-corrected chi connectivity index (χ3v) is 5.43. The predicted molar refractivity (Wildman–Crippen MR) is 125 cm³/mol. The summed E-state index contributed by atoms with van der Waals surface area (Å²) in [5, 5.41) is 0. The number of nitrogens with zero attached hydrogens (tertiary/aromatic N) is 4. The van der Waals surface area contributed by atoms with Crippen molar-refractivity contribution in [2.45, 2.75) is 59.0 Å². The smallest absolute Gasteiger partial charge is 0.320 e. The van der Waals surface area contributed by atoms with Gasteiger partial charge in [-0.15, -0.1) is 9.42 Å². The van der Waals surface area contributed by atoms with E-state index in [0.29, 0.717) is 37.0 Å². The van der Waals surface area contributed by atoms with Crippen molar-refractivity contribution < 1.29 is 14.0 Å². The Bertz CT molecular complexity index is 1120. The molecule has 0 radical (unpaired) electrons. The van der Waals surface area contributed by atoms with E-state index in [1.54, 1.807) is 17.9 Å². The molecule has 2 aromatic heterocycles. The highest BCUT2D eigenvalue weighted by Gasteiger charge is 2.16. The molecule has 0 aliphatic carbocycles. The number of fused-ring (bicyclic) bond motifs is 1. The lowest BCUT2D eigenvalue weighted by Crippen LogP contribution is -2.39. The topological polar surface area (TPSA) is 108 Å². The van der Waals surface area contributed by atoms with Crippen molar-refractivity contribution in [3.63, 3.8) is 0 Å². The van der Waals surface area contributed by atoms with E-state index < -0.39 is 13.9 Å². The summed E-state index contributed by atoms with van der Waals surface area (Å²) < 4.78 is 19.4. The van der Waals surface area contributed by atoms with Crippen LogP contribution in [0.15, 0.2) is 46.2 Å². The molecule has 32 heavy (non-hydrogen) atoms. The standard InChI is InChI=1S/C18H21N4O5P.C4H10/c1-20-16-15(21(13-19-16)12-14-8-4-2-5-9-14)17(23)22(18(20)24)10-6-3-7-11-27-28(25)26;1-3-4-2/h2,4-5,8-9,13H,3,6-7,10-12H2,1H3;3-4H2,1-2H3/p+1. The molecule has 0 saturated heterocycles. The largest absolute Gasteiger partial charge is 0.694 e. The van der Waals surface area contributed by atoms with Gasteiger partial charge in [0.05, 0.1) is 6.33 Å². The number of imidazole rings is 1. The van der Waals surface area contributed by atoms with Gasteiger partial charge in [0.1, 0.15) is 6.61 Å². The molecule has 9 nitrogen and oxygen atoms in total. The molecular formula is C22H32N4O5P+. The Morgan fingerprint density at radius 3 is 2.38 bits per heavy atom. The number of aryl methyl sites for hydroxylation is 1. The molecule has 0 amide bonds. The van der Waals surface area contributed by atoms with Crippen LogP contribution >= 0.6 is 8.25 Å². The molecule has 2 heterocycles. The second kappa shape index (κ2) is 13.1. The molecule has 1 unspecified atom stereocenters. The van der Waals surface area contributed by atoms with Crippen LogP contribution in [0.4, 0.5) is 0 Å². The molecule has 0 aliphatic heterocycles. The summed E-state index contributed by atoms with van der Waals surface area (Å²) in [5.74, 6) is 0. The fraction of sp³-hybridized carbons (Fsp3) is 0.500. The predicted octanol–water partition coefficient (Wildman–Crippen LogP) is 3.59. The van der Waals surface area contributed by atoms with Crippen molar-refractivity contribution >= 4 is 19.4 Å². The van der Waals surface area contributed by atoms with Crippen LogP contribution in [0.2, 0.25) is 0 Å². The van der Waals surface area contributed by atoms with E-state index in [9.17, 15) is 14.2 Å². The van der Waals surface area contributed by atoms with Crippen LogP contribution in [0.3, 0.4) is 0 Å². The molecule has 0 aliphatic rings. The van der Waals surface area contributed by atoms with E-state index in [1.165, 1.54) is 22.0 Å². The minimum absolute atomic E-state index is 0.168. The molecule has 1 aromatic carbocycles. The van der Waals surface area contributed by atoms with Crippen molar-refractivity contribution in [1.29, 1.82) is 0 Å². The van der Waals surface area contributed by atoms with Gasteiger partial charge in [0, 0.05) is 24.7 Å². The SMILES string of the molecule is CCCC.Cn1c(=O)n(CCCCCO[P+](=O)O)c(=O)c2c1ncn2Cc1ccccc1. The number of rotatable bonds is 10. The maximum absolute atomic E-state index is 13.0. The highest BCUT2D eigenvalue weighted by atomic mass is 31.1. The maximum atomic E-state index is 13.0. The van der Waals surface area contributed by atoms with Crippen LogP contribution in [-0.4, -0.2) is 30.2 Å². The van der Waals surface area contributed by atoms with E-state index in [0.717, 1.165) is 5.56 Å². The number of hydrogen-bond acceptors (Lipinski definition) is 5. The third kappa shape index (κ3) is 6.95. The van der Waals surface area contributed by atoms with E-state index in [4.69, 9.17) is 4.89 Å². The first-order valence-electron chi connectivity index (χ1n) is 10.9.